The molecule has 1 N–H and O–H groups in total. The first kappa shape index (κ1) is 16.1. The van der Waals surface area contributed by atoms with E-state index in [-0.39, 0.29) is 11.0 Å². The van der Waals surface area contributed by atoms with Gasteiger partial charge in [-0.15, -0.1) is 0 Å². The highest BCUT2D eigenvalue weighted by Crippen LogP contribution is 2.23. The number of aryl methyl sites for hydroxylation is 1. The zero-order valence-electron chi connectivity index (χ0n) is 12.9. The smallest absolute Gasteiger partial charge is 0.254 e. The molecule has 0 heterocycles. The number of hydrogen-bond donors (Lipinski definition) is 1. The number of amides is 1. The van der Waals surface area contributed by atoms with Gasteiger partial charge in [0.25, 0.3) is 5.91 Å². The Bertz CT molecular complexity index is 678. The summed E-state index contributed by atoms with van der Waals surface area (Å²) in [5, 5.41) is 2.67. The lowest BCUT2D eigenvalue weighted by Crippen LogP contribution is -2.37. The summed E-state index contributed by atoms with van der Waals surface area (Å²) in [6.07, 6.45) is 0. The van der Waals surface area contributed by atoms with Crippen molar-refractivity contribution in [3.8, 4) is 0 Å². The second kappa shape index (κ2) is 6.26. The molecular formula is C18H19F2NO. The van der Waals surface area contributed by atoms with Crippen LogP contribution in [0.2, 0.25) is 0 Å². The average Bonchev–Trinajstić information content (AvgIpc) is 2.48. The van der Waals surface area contributed by atoms with Gasteiger partial charge in [-0.05, 0) is 24.6 Å². The Hall–Kier alpha value is -2.23. The van der Waals surface area contributed by atoms with E-state index in [4.69, 9.17) is 0 Å². The molecule has 2 aromatic carbocycles. The lowest BCUT2D eigenvalue weighted by atomic mass is 9.84. The molecule has 0 bridgehead atoms. The maximum absolute atomic E-state index is 13.6. The summed E-state index contributed by atoms with van der Waals surface area (Å²) in [6, 6.07) is 11.6. The Morgan fingerprint density at radius 2 is 1.73 bits per heavy atom. The van der Waals surface area contributed by atoms with Gasteiger partial charge in [-0.3, -0.25) is 4.79 Å². The lowest BCUT2D eigenvalue weighted by Gasteiger charge is -2.26. The summed E-state index contributed by atoms with van der Waals surface area (Å²) in [5.74, 6) is -2.75. The lowest BCUT2D eigenvalue weighted by molar-refractivity contribution is 0.0940. The minimum Gasteiger partial charge on any atom is -0.351 e. The maximum Gasteiger partial charge on any atom is 0.254 e. The van der Waals surface area contributed by atoms with Crippen LogP contribution in [-0.4, -0.2) is 12.5 Å². The number of carbonyl (C=O) groups is 1. The molecule has 2 rings (SSSR count). The van der Waals surface area contributed by atoms with Crippen LogP contribution in [0, 0.1) is 18.6 Å². The molecule has 0 radical (unpaired) electrons. The quantitative estimate of drug-likeness (QED) is 0.909. The van der Waals surface area contributed by atoms with Crippen molar-refractivity contribution in [3.63, 3.8) is 0 Å². The molecule has 0 aliphatic carbocycles. The molecule has 1 amide bonds. The molecule has 0 aliphatic rings. The summed E-state index contributed by atoms with van der Waals surface area (Å²) in [4.78, 5) is 12.0. The van der Waals surface area contributed by atoms with Gasteiger partial charge in [0.05, 0.1) is 5.56 Å². The van der Waals surface area contributed by atoms with E-state index in [0.717, 1.165) is 17.2 Å². The predicted octanol–water partition coefficient (Wildman–Crippen LogP) is 3.98. The van der Waals surface area contributed by atoms with E-state index < -0.39 is 17.5 Å². The Morgan fingerprint density at radius 1 is 1.09 bits per heavy atom. The van der Waals surface area contributed by atoms with Crippen molar-refractivity contribution >= 4 is 5.91 Å². The zero-order valence-corrected chi connectivity index (χ0v) is 12.9. The van der Waals surface area contributed by atoms with E-state index in [1.807, 2.05) is 45.0 Å². The normalized spacial score (nSPS) is 11.3. The first-order valence-corrected chi connectivity index (χ1v) is 7.10. The van der Waals surface area contributed by atoms with Gasteiger partial charge in [-0.1, -0.05) is 49.7 Å². The third-order valence-corrected chi connectivity index (χ3v) is 3.72. The van der Waals surface area contributed by atoms with Crippen molar-refractivity contribution in [2.24, 2.45) is 0 Å². The van der Waals surface area contributed by atoms with Gasteiger partial charge in [0.2, 0.25) is 0 Å². The number of benzene rings is 2. The highest BCUT2D eigenvalue weighted by atomic mass is 19.2. The molecule has 0 unspecified atom stereocenters. The molecule has 4 heteroatoms. The molecule has 0 aliphatic heterocycles. The summed E-state index contributed by atoms with van der Waals surface area (Å²) in [7, 11) is 0. The molecule has 116 valence electrons. The van der Waals surface area contributed by atoms with Gasteiger partial charge < -0.3 is 5.32 Å². The topological polar surface area (TPSA) is 29.1 Å². The largest absolute Gasteiger partial charge is 0.351 e. The van der Waals surface area contributed by atoms with E-state index in [1.165, 1.54) is 12.1 Å². The molecule has 0 fully saturated rings. The summed E-state index contributed by atoms with van der Waals surface area (Å²) >= 11 is 0. The van der Waals surface area contributed by atoms with Gasteiger partial charge in [-0.25, -0.2) is 8.78 Å². The number of nitrogens with one attached hydrogen (secondary N) is 1. The van der Waals surface area contributed by atoms with Crippen LogP contribution in [0.3, 0.4) is 0 Å². The highest BCUT2D eigenvalue weighted by Gasteiger charge is 2.23. The fourth-order valence-electron chi connectivity index (χ4n) is 2.18. The minimum absolute atomic E-state index is 0.278. The van der Waals surface area contributed by atoms with Crippen molar-refractivity contribution in [1.29, 1.82) is 0 Å². The number of halogens is 2. The Kier molecular flexibility index (Phi) is 4.59. The van der Waals surface area contributed by atoms with Crippen molar-refractivity contribution < 1.29 is 13.6 Å². The number of hydrogen-bond acceptors (Lipinski definition) is 1. The number of carbonyl (C=O) groups excluding carboxylic acids is 1. The third kappa shape index (κ3) is 3.50. The van der Waals surface area contributed by atoms with Gasteiger partial charge >= 0.3 is 0 Å². The molecule has 2 aromatic rings. The molecule has 22 heavy (non-hydrogen) atoms. The molecule has 0 saturated carbocycles. The van der Waals surface area contributed by atoms with Gasteiger partial charge in [0.1, 0.15) is 0 Å². The van der Waals surface area contributed by atoms with Gasteiger partial charge in [0.15, 0.2) is 11.6 Å². The highest BCUT2D eigenvalue weighted by molar-refractivity contribution is 5.94. The van der Waals surface area contributed by atoms with Crippen molar-refractivity contribution in [2.75, 3.05) is 6.54 Å². The molecule has 0 saturated heterocycles. The van der Waals surface area contributed by atoms with E-state index in [9.17, 15) is 13.6 Å². The Morgan fingerprint density at radius 3 is 2.36 bits per heavy atom. The molecule has 2 nitrogen and oxygen atoms in total. The second-order valence-corrected chi connectivity index (χ2v) is 6.03. The molecule has 0 aromatic heterocycles. The maximum atomic E-state index is 13.6. The van der Waals surface area contributed by atoms with Crippen LogP contribution >= 0.6 is 0 Å². The first-order valence-electron chi connectivity index (χ1n) is 7.10. The van der Waals surface area contributed by atoms with Crippen LogP contribution in [-0.2, 0) is 5.41 Å². The summed E-state index contributed by atoms with van der Waals surface area (Å²) in [5.41, 5.74) is 1.64. The van der Waals surface area contributed by atoms with Crippen LogP contribution in [0.1, 0.15) is 35.3 Å². The van der Waals surface area contributed by atoms with Crippen LogP contribution in [0.4, 0.5) is 8.78 Å². The molecular weight excluding hydrogens is 284 g/mol. The van der Waals surface area contributed by atoms with Crippen LogP contribution in [0.25, 0.3) is 0 Å². The predicted molar refractivity (Wildman–Crippen MR) is 82.9 cm³/mol. The SMILES string of the molecule is Cc1ccc(C(C)(C)CNC(=O)c2cccc(F)c2F)cc1. The Labute approximate surface area is 129 Å². The summed E-state index contributed by atoms with van der Waals surface area (Å²) in [6.45, 7) is 6.30. The van der Waals surface area contributed by atoms with E-state index >= 15 is 0 Å². The molecule has 0 spiro atoms. The summed E-state index contributed by atoms with van der Waals surface area (Å²) < 4.78 is 26.8. The Balaban J connectivity index is 2.09. The second-order valence-electron chi connectivity index (χ2n) is 6.03. The van der Waals surface area contributed by atoms with Crippen molar-refractivity contribution in [3.05, 3.63) is 70.8 Å². The monoisotopic (exact) mass is 303 g/mol. The van der Waals surface area contributed by atoms with Gasteiger partial charge in [-0.2, -0.15) is 0 Å². The van der Waals surface area contributed by atoms with E-state index in [0.29, 0.717) is 6.54 Å². The average molecular weight is 303 g/mol. The fraction of sp³-hybridized carbons (Fsp3) is 0.278. The van der Waals surface area contributed by atoms with Crippen LogP contribution < -0.4 is 5.32 Å². The van der Waals surface area contributed by atoms with Crippen LogP contribution in [0.5, 0.6) is 0 Å². The van der Waals surface area contributed by atoms with Crippen molar-refractivity contribution in [2.45, 2.75) is 26.2 Å². The van der Waals surface area contributed by atoms with E-state index in [2.05, 4.69) is 5.32 Å². The van der Waals surface area contributed by atoms with E-state index in [1.54, 1.807) is 0 Å². The van der Waals surface area contributed by atoms with Crippen LogP contribution in [0.15, 0.2) is 42.5 Å². The molecule has 0 atom stereocenters. The van der Waals surface area contributed by atoms with Crippen molar-refractivity contribution in [1.82, 2.24) is 5.32 Å². The van der Waals surface area contributed by atoms with Gasteiger partial charge in [0, 0.05) is 12.0 Å². The zero-order chi connectivity index (χ0) is 16.3. The third-order valence-electron chi connectivity index (χ3n) is 3.72. The minimum atomic E-state index is -1.12. The fourth-order valence-corrected chi connectivity index (χ4v) is 2.18. The number of rotatable bonds is 4. The standard InChI is InChI=1S/C18H19F2NO/c1-12-7-9-13(10-8-12)18(2,3)11-21-17(22)14-5-4-6-15(19)16(14)20/h4-10H,11H2,1-3H3,(H,21,22). The first-order chi connectivity index (χ1) is 10.3.